The molecule has 6 nitrogen and oxygen atoms in total. The fraction of sp³-hybridized carbons (Fsp3) is 0.154. The van der Waals surface area contributed by atoms with Crippen molar-refractivity contribution >= 4 is 15.7 Å². The van der Waals surface area contributed by atoms with Crippen LogP contribution in [0.1, 0.15) is 21.6 Å². The van der Waals surface area contributed by atoms with Crippen molar-refractivity contribution in [2.75, 3.05) is 12.8 Å². The number of hydrogen-bond acceptors (Lipinski definition) is 4. The second-order valence-corrected chi connectivity index (χ2v) is 10.3. The zero-order valence-electron chi connectivity index (χ0n) is 18.5. The number of hydrogen-bond donors (Lipinski definition) is 1. The van der Waals surface area contributed by atoms with E-state index < -0.39 is 9.84 Å². The minimum absolute atomic E-state index is 0.165. The van der Waals surface area contributed by atoms with Gasteiger partial charge in [0.1, 0.15) is 5.82 Å². The summed E-state index contributed by atoms with van der Waals surface area (Å²) in [4.78, 5) is 17.5. The third kappa shape index (κ3) is 4.01. The number of sulfone groups is 1. The molecule has 0 atom stereocenters. The van der Waals surface area contributed by atoms with Crippen molar-refractivity contribution in [2.45, 2.75) is 17.9 Å². The quantitative estimate of drug-likeness (QED) is 0.471. The van der Waals surface area contributed by atoms with E-state index in [1.54, 1.807) is 48.8 Å². The van der Waals surface area contributed by atoms with E-state index in [0.29, 0.717) is 25.1 Å². The van der Waals surface area contributed by atoms with Crippen LogP contribution in [0.2, 0.25) is 0 Å². The second-order valence-electron chi connectivity index (χ2n) is 8.30. The third-order valence-electron chi connectivity index (χ3n) is 6.02. The minimum atomic E-state index is -3.30. The molecule has 1 N–H and O–H groups in total. The van der Waals surface area contributed by atoms with E-state index >= 15 is 0 Å². The topological polar surface area (TPSA) is 81.1 Å². The number of aromatic nitrogens is 2. The van der Waals surface area contributed by atoms with Gasteiger partial charge in [-0.3, -0.25) is 9.78 Å². The SMILES string of the molecule is CS(=O)(=O)c1ccc(Cn2c3c(c(-c4ccc(F)cc4)c2-c2ccncc2)C(=O)NCC3)cc1. The number of rotatable bonds is 5. The molecule has 8 heteroatoms. The van der Waals surface area contributed by atoms with E-state index in [9.17, 15) is 17.6 Å². The molecule has 2 aromatic heterocycles. The van der Waals surface area contributed by atoms with Crippen LogP contribution in [0.25, 0.3) is 22.4 Å². The van der Waals surface area contributed by atoms with Gasteiger partial charge in [0.25, 0.3) is 5.91 Å². The van der Waals surface area contributed by atoms with Crippen molar-refractivity contribution in [1.29, 1.82) is 0 Å². The Morgan fingerprint density at radius 2 is 1.62 bits per heavy atom. The summed E-state index contributed by atoms with van der Waals surface area (Å²) >= 11 is 0. The van der Waals surface area contributed by atoms with Crippen LogP contribution < -0.4 is 5.32 Å². The molecule has 0 unspecified atom stereocenters. The molecular formula is C26H22FN3O3S. The van der Waals surface area contributed by atoms with Crippen LogP contribution in [-0.4, -0.2) is 36.7 Å². The average Bonchev–Trinajstić information content (AvgIpc) is 3.15. The standard InChI is InChI=1S/C26H22FN3O3S/c1-34(32,33)21-8-2-17(3-9-21)16-30-22-12-15-29-26(31)24(22)23(18-4-6-20(27)7-5-18)25(30)19-10-13-28-14-11-19/h2-11,13-14H,12,15-16H2,1H3,(H,29,31). The number of fused-ring (bicyclic) bond motifs is 1. The summed E-state index contributed by atoms with van der Waals surface area (Å²) in [6.45, 7) is 0.958. The second kappa shape index (κ2) is 8.53. The zero-order valence-corrected chi connectivity index (χ0v) is 19.3. The van der Waals surface area contributed by atoms with Gasteiger partial charge in [-0.1, -0.05) is 24.3 Å². The zero-order chi connectivity index (χ0) is 23.9. The maximum absolute atomic E-state index is 13.7. The Morgan fingerprint density at radius 1 is 0.941 bits per heavy atom. The summed E-state index contributed by atoms with van der Waals surface area (Å²) in [6, 6.07) is 16.7. The summed E-state index contributed by atoms with van der Waals surface area (Å²) in [6.07, 6.45) is 5.21. The predicted octanol–water partition coefficient (Wildman–Crippen LogP) is 4.09. The largest absolute Gasteiger partial charge is 0.352 e. The van der Waals surface area contributed by atoms with Crippen molar-refractivity contribution in [3.05, 3.63) is 95.7 Å². The highest BCUT2D eigenvalue weighted by molar-refractivity contribution is 7.90. The van der Waals surface area contributed by atoms with Gasteiger partial charge >= 0.3 is 0 Å². The molecule has 0 fully saturated rings. The van der Waals surface area contributed by atoms with Crippen molar-refractivity contribution < 1.29 is 17.6 Å². The van der Waals surface area contributed by atoms with Gasteiger partial charge in [-0.2, -0.15) is 0 Å². The van der Waals surface area contributed by atoms with Gasteiger partial charge in [-0.05, 0) is 47.5 Å². The first kappa shape index (κ1) is 22.0. The van der Waals surface area contributed by atoms with Crippen LogP contribution in [0.3, 0.4) is 0 Å². The summed E-state index contributed by atoms with van der Waals surface area (Å²) in [5.41, 5.74) is 5.57. The summed E-state index contributed by atoms with van der Waals surface area (Å²) in [5, 5.41) is 2.93. The summed E-state index contributed by atoms with van der Waals surface area (Å²) in [7, 11) is -3.30. The maximum atomic E-state index is 13.7. The first-order valence-electron chi connectivity index (χ1n) is 10.8. The Morgan fingerprint density at radius 3 is 2.26 bits per heavy atom. The number of amides is 1. The lowest BCUT2D eigenvalue weighted by atomic mass is 9.95. The maximum Gasteiger partial charge on any atom is 0.253 e. The van der Waals surface area contributed by atoms with Gasteiger partial charge < -0.3 is 9.88 Å². The van der Waals surface area contributed by atoms with E-state index in [2.05, 4.69) is 14.9 Å². The highest BCUT2D eigenvalue weighted by atomic mass is 32.2. The van der Waals surface area contributed by atoms with Crippen molar-refractivity contribution in [2.24, 2.45) is 0 Å². The number of halogens is 1. The number of benzene rings is 2. The third-order valence-corrected chi connectivity index (χ3v) is 7.15. The Labute approximate surface area is 197 Å². The molecule has 3 heterocycles. The molecule has 172 valence electrons. The number of nitrogens with one attached hydrogen (secondary N) is 1. The number of pyridine rings is 1. The lowest BCUT2D eigenvalue weighted by Crippen LogP contribution is -2.32. The molecule has 0 spiro atoms. The van der Waals surface area contributed by atoms with Crippen molar-refractivity contribution in [1.82, 2.24) is 14.9 Å². The lowest BCUT2D eigenvalue weighted by Gasteiger charge is -2.18. The first-order valence-corrected chi connectivity index (χ1v) is 12.7. The molecule has 0 saturated carbocycles. The van der Waals surface area contributed by atoms with E-state index in [4.69, 9.17) is 0 Å². The highest BCUT2D eigenvalue weighted by Crippen LogP contribution is 2.41. The van der Waals surface area contributed by atoms with Crippen LogP contribution in [-0.2, 0) is 22.8 Å². The predicted molar refractivity (Wildman–Crippen MR) is 128 cm³/mol. The molecule has 1 aliphatic heterocycles. The van der Waals surface area contributed by atoms with Crippen LogP contribution in [0, 0.1) is 5.82 Å². The smallest absolute Gasteiger partial charge is 0.253 e. The molecule has 0 aliphatic carbocycles. The minimum Gasteiger partial charge on any atom is -0.352 e. The molecule has 1 aliphatic rings. The van der Waals surface area contributed by atoms with E-state index in [1.165, 1.54) is 18.4 Å². The van der Waals surface area contributed by atoms with Crippen LogP contribution in [0.15, 0.2) is 78.0 Å². The Kier molecular flexibility index (Phi) is 5.53. The monoisotopic (exact) mass is 475 g/mol. The van der Waals surface area contributed by atoms with Gasteiger partial charge in [0, 0.05) is 55.0 Å². The first-order chi connectivity index (χ1) is 16.3. The molecule has 0 bridgehead atoms. The summed E-state index contributed by atoms with van der Waals surface area (Å²) < 4.78 is 39.6. The van der Waals surface area contributed by atoms with Gasteiger partial charge in [0.2, 0.25) is 0 Å². The van der Waals surface area contributed by atoms with Gasteiger partial charge in [0.05, 0.1) is 16.2 Å². The Balaban J connectivity index is 1.75. The van der Waals surface area contributed by atoms with E-state index in [1.807, 2.05) is 12.1 Å². The number of carbonyl (C=O) groups excluding carboxylic acids is 1. The molecule has 1 amide bonds. The molecule has 34 heavy (non-hydrogen) atoms. The fourth-order valence-corrected chi connectivity index (χ4v) is 5.09. The molecule has 0 radical (unpaired) electrons. The number of nitrogens with zero attached hydrogens (tertiary/aromatic N) is 2. The van der Waals surface area contributed by atoms with Gasteiger partial charge in [0.15, 0.2) is 9.84 Å². The molecule has 2 aromatic carbocycles. The van der Waals surface area contributed by atoms with Crippen molar-refractivity contribution in [3.63, 3.8) is 0 Å². The number of carbonyl (C=O) groups is 1. The fourth-order valence-electron chi connectivity index (χ4n) is 4.46. The Bertz CT molecular complexity index is 1480. The van der Waals surface area contributed by atoms with Gasteiger partial charge in [-0.25, -0.2) is 12.8 Å². The van der Waals surface area contributed by atoms with Crippen LogP contribution in [0.4, 0.5) is 4.39 Å². The molecule has 4 aromatic rings. The van der Waals surface area contributed by atoms with E-state index in [-0.39, 0.29) is 16.6 Å². The molecule has 0 saturated heterocycles. The lowest BCUT2D eigenvalue weighted by molar-refractivity contribution is 0.0946. The molecular weight excluding hydrogens is 453 g/mol. The van der Waals surface area contributed by atoms with Crippen molar-refractivity contribution in [3.8, 4) is 22.4 Å². The molecule has 5 rings (SSSR count). The van der Waals surface area contributed by atoms with Crippen LogP contribution >= 0.6 is 0 Å². The normalized spacial score (nSPS) is 13.4. The average molecular weight is 476 g/mol. The van der Waals surface area contributed by atoms with Gasteiger partial charge in [-0.15, -0.1) is 0 Å². The summed E-state index contributed by atoms with van der Waals surface area (Å²) in [5.74, 6) is -0.514. The Hall–Kier alpha value is -3.78. The van der Waals surface area contributed by atoms with Crippen LogP contribution in [0.5, 0.6) is 0 Å². The van der Waals surface area contributed by atoms with E-state index in [0.717, 1.165) is 33.6 Å². The highest BCUT2D eigenvalue weighted by Gasteiger charge is 2.31.